The summed E-state index contributed by atoms with van der Waals surface area (Å²) >= 11 is 0. The highest BCUT2D eigenvalue weighted by molar-refractivity contribution is 6.49. The summed E-state index contributed by atoms with van der Waals surface area (Å²) < 4.78 is 11.5. The fraction of sp³-hybridized carbons (Fsp3) is 0.550. The lowest BCUT2D eigenvalue weighted by molar-refractivity contribution is 0.102. The molecule has 2 atom stereocenters. The molecule has 7 heteroatoms. The third-order valence-electron chi connectivity index (χ3n) is 5.66. The molecule has 2 heterocycles. The predicted octanol–water partition coefficient (Wildman–Crippen LogP) is 2.49. The second-order valence-electron chi connectivity index (χ2n) is 7.84. The summed E-state index contributed by atoms with van der Waals surface area (Å²) in [5.41, 5.74) is 8.37. The summed E-state index contributed by atoms with van der Waals surface area (Å²) in [6.07, 6.45) is 5.57. The van der Waals surface area contributed by atoms with Gasteiger partial charge in [0.2, 0.25) is 0 Å². The molecule has 1 saturated heterocycles. The normalized spacial score (nSPS) is 26.7. The molecule has 0 bridgehead atoms. The molecule has 0 spiro atoms. The fourth-order valence-corrected chi connectivity index (χ4v) is 3.60. The highest BCUT2D eigenvalue weighted by Crippen LogP contribution is 2.40. The van der Waals surface area contributed by atoms with E-state index in [1.807, 2.05) is 18.2 Å². The summed E-state index contributed by atoms with van der Waals surface area (Å²) in [5, 5.41) is 8.67. The number of ether oxygens (including phenoxy) is 2. The van der Waals surface area contributed by atoms with Gasteiger partial charge in [-0.3, -0.25) is 15.3 Å². The average molecular weight is 369 g/mol. The van der Waals surface area contributed by atoms with Crippen LogP contribution in [0.1, 0.15) is 38.2 Å². The van der Waals surface area contributed by atoms with Crippen LogP contribution in [0, 0.1) is 5.41 Å². The second-order valence-corrected chi connectivity index (χ2v) is 7.84. The standard InChI is InChI=1S/C20H27N5O2/c1-20(6-7-20)27-13-3-4-16(21)15(9-13)19(22)17-10-18(24-12-23-17)25-8-5-14(11-25)26-2/h3-4,9,12,14,18,22H,5-8,10-11,21H2,1-2H3/t14-,18?/m1/s1. The quantitative estimate of drug-likeness (QED) is 0.595. The predicted molar refractivity (Wildman–Crippen MR) is 107 cm³/mol. The van der Waals surface area contributed by atoms with Crippen LogP contribution in [-0.2, 0) is 4.74 Å². The Morgan fingerprint density at radius 2 is 2.19 bits per heavy atom. The van der Waals surface area contributed by atoms with E-state index in [0.717, 1.165) is 38.1 Å². The number of nitrogens with zero attached hydrogens (tertiary/aromatic N) is 3. The van der Waals surface area contributed by atoms with Crippen LogP contribution in [0.15, 0.2) is 28.2 Å². The smallest absolute Gasteiger partial charge is 0.120 e. The molecule has 27 heavy (non-hydrogen) atoms. The number of nitrogens with one attached hydrogen (secondary N) is 1. The third kappa shape index (κ3) is 3.89. The maximum absolute atomic E-state index is 8.67. The van der Waals surface area contributed by atoms with Gasteiger partial charge in [0.15, 0.2) is 0 Å². The van der Waals surface area contributed by atoms with Crippen molar-refractivity contribution in [2.45, 2.75) is 50.5 Å². The van der Waals surface area contributed by atoms with Gasteiger partial charge in [-0.25, -0.2) is 4.99 Å². The van der Waals surface area contributed by atoms with Gasteiger partial charge >= 0.3 is 0 Å². The van der Waals surface area contributed by atoms with E-state index in [0.29, 0.717) is 29.1 Å². The molecule has 0 amide bonds. The number of aliphatic imine (C=N–C) groups is 2. The maximum Gasteiger partial charge on any atom is 0.120 e. The molecule has 3 N–H and O–H groups in total. The van der Waals surface area contributed by atoms with Gasteiger partial charge in [-0.15, -0.1) is 0 Å². The van der Waals surface area contributed by atoms with Crippen LogP contribution in [0.5, 0.6) is 5.75 Å². The van der Waals surface area contributed by atoms with Crippen molar-refractivity contribution >= 4 is 23.4 Å². The van der Waals surface area contributed by atoms with E-state index in [-0.39, 0.29) is 17.9 Å². The third-order valence-corrected chi connectivity index (χ3v) is 5.66. The Morgan fingerprint density at radius 3 is 2.89 bits per heavy atom. The SMILES string of the molecule is CO[C@@H]1CCN(C2CC(C(=N)c3cc(OC4(C)CC4)ccc3N)=NC=N2)C1. The fourth-order valence-electron chi connectivity index (χ4n) is 3.60. The molecule has 1 aromatic carbocycles. The first-order chi connectivity index (χ1) is 13.0. The zero-order chi connectivity index (χ0) is 19.0. The van der Waals surface area contributed by atoms with Gasteiger partial charge in [0.25, 0.3) is 0 Å². The van der Waals surface area contributed by atoms with Crippen LogP contribution in [0.4, 0.5) is 5.69 Å². The Bertz CT molecular complexity index is 800. The van der Waals surface area contributed by atoms with Crippen molar-refractivity contribution in [1.29, 1.82) is 5.41 Å². The molecule has 7 nitrogen and oxygen atoms in total. The minimum absolute atomic E-state index is 0.00373. The van der Waals surface area contributed by atoms with Gasteiger partial charge in [0, 0.05) is 37.9 Å². The molecule has 1 aliphatic carbocycles. The van der Waals surface area contributed by atoms with Gasteiger partial charge in [0.05, 0.1) is 17.5 Å². The first-order valence-corrected chi connectivity index (χ1v) is 9.50. The summed E-state index contributed by atoms with van der Waals surface area (Å²) in [4.78, 5) is 11.2. The first kappa shape index (κ1) is 18.1. The summed E-state index contributed by atoms with van der Waals surface area (Å²) in [6, 6.07) is 5.54. The van der Waals surface area contributed by atoms with Crippen molar-refractivity contribution in [3.63, 3.8) is 0 Å². The van der Waals surface area contributed by atoms with E-state index in [9.17, 15) is 0 Å². The number of benzene rings is 1. The maximum atomic E-state index is 8.67. The van der Waals surface area contributed by atoms with Gasteiger partial charge in [-0.05, 0) is 44.4 Å². The zero-order valence-corrected chi connectivity index (χ0v) is 15.9. The number of methoxy groups -OCH3 is 1. The summed E-state index contributed by atoms with van der Waals surface area (Å²) in [6.45, 7) is 3.91. The zero-order valence-electron chi connectivity index (χ0n) is 15.9. The Kier molecular flexibility index (Phi) is 4.74. The van der Waals surface area contributed by atoms with Crippen molar-refractivity contribution in [1.82, 2.24) is 4.90 Å². The van der Waals surface area contributed by atoms with E-state index in [1.165, 1.54) is 0 Å². The molecule has 1 aromatic rings. The number of anilines is 1. The highest BCUT2D eigenvalue weighted by atomic mass is 16.5. The number of nitrogens with two attached hydrogens (primary N) is 1. The number of rotatable bonds is 6. The average Bonchev–Trinajstić information content (AvgIpc) is 3.21. The van der Waals surface area contributed by atoms with Crippen LogP contribution < -0.4 is 10.5 Å². The van der Waals surface area contributed by atoms with E-state index < -0.39 is 0 Å². The van der Waals surface area contributed by atoms with Crippen LogP contribution in [0.25, 0.3) is 0 Å². The first-order valence-electron chi connectivity index (χ1n) is 9.50. The minimum atomic E-state index is -0.0661. The van der Waals surface area contributed by atoms with Crippen molar-refractivity contribution in [3.8, 4) is 5.75 Å². The molecule has 144 valence electrons. The second kappa shape index (κ2) is 7.05. The van der Waals surface area contributed by atoms with Gasteiger partial charge in [0.1, 0.15) is 23.9 Å². The van der Waals surface area contributed by atoms with Crippen molar-refractivity contribution < 1.29 is 9.47 Å². The molecule has 2 fully saturated rings. The lowest BCUT2D eigenvalue weighted by Crippen LogP contribution is -2.37. The van der Waals surface area contributed by atoms with Crippen LogP contribution in [0.3, 0.4) is 0 Å². The molecule has 1 unspecified atom stereocenters. The molecule has 2 aliphatic heterocycles. The van der Waals surface area contributed by atoms with Crippen LogP contribution in [-0.4, -0.2) is 60.7 Å². The molecule has 1 saturated carbocycles. The highest BCUT2D eigenvalue weighted by Gasteiger charge is 2.40. The summed E-state index contributed by atoms with van der Waals surface area (Å²) in [7, 11) is 1.75. The topological polar surface area (TPSA) is 96.3 Å². The van der Waals surface area contributed by atoms with E-state index in [2.05, 4.69) is 21.8 Å². The largest absolute Gasteiger partial charge is 0.488 e. The number of hydrogen-bond acceptors (Lipinski definition) is 7. The molecular formula is C20H27N5O2. The molecule has 0 aromatic heterocycles. The van der Waals surface area contributed by atoms with Crippen LogP contribution >= 0.6 is 0 Å². The number of hydrogen-bond donors (Lipinski definition) is 2. The lowest BCUT2D eigenvalue weighted by atomic mass is 9.99. The molecular weight excluding hydrogens is 342 g/mol. The number of likely N-dealkylation sites (tertiary alicyclic amines) is 1. The molecule has 4 rings (SSSR count). The van der Waals surface area contributed by atoms with E-state index in [1.54, 1.807) is 13.4 Å². The Hall–Kier alpha value is -2.25. The summed E-state index contributed by atoms with van der Waals surface area (Å²) in [5.74, 6) is 0.757. The van der Waals surface area contributed by atoms with Crippen molar-refractivity contribution in [2.24, 2.45) is 9.98 Å². The Balaban J connectivity index is 1.48. The van der Waals surface area contributed by atoms with Gasteiger partial charge in [-0.2, -0.15) is 0 Å². The van der Waals surface area contributed by atoms with Gasteiger partial charge in [-0.1, -0.05) is 0 Å². The Morgan fingerprint density at radius 1 is 1.37 bits per heavy atom. The minimum Gasteiger partial charge on any atom is -0.488 e. The van der Waals surface area contributed by atoms with E-state index >= 15 is 0 Å². The van der Waals surface area contributed by atoms with Crippen molar-refractivity contribution in [3.05, 3.63) is 23.8 Å². The Labute approximate surface area is 159 Å². The molecule has 3 aliphatic rings. The van der Waals surface area contributed by atoms with Gasteiger partial charge < -0.3 is 15.2 Å². The molecule has 0 radical (unpaired) electrons. The van der Waals surface area contributed by atoms with Crippen molar-refractivity contribution in [2.75, 3.05) is 25.9 Å². The lowest BCUT2D eigenvalue weighted by Gasteiger charge is -2.26. The van der Waals surface area contributed by atoms with E-state index in [4.69, 9.17) is 20.6 Å². The monoisotopic (exact) mass is 369 g/mol. The number of nitrogen functional groups attached to an aromatic ring is 1. The van der Waals surface area contributed by atoms with Crippen LogP contribution in [0.2, 0.25) is 0 Å².